The topological polar surface area (TPSA) is 73.8 Å². The first kappa shape index (κ1) is 16.3. The van der Waals surface area contributed by atoms with Crippen molar-refractivity contribution < 1.29 is 9.31 Å². The summed E-state index contributed by atoms with van der Waals surface area (Å²) in [7, 11) is 0. The number of hydrogen-bond acceptors (Lipinski definition) is 4. The Morgan fingerprint density at radius 1 is 1.22 bits per heavy atom. The van der Waals surface area contributed by atoms with Gasteiger partial charge >= 0.3 is 0 Å². The highest BCUT2D eigenvalue weighted by Crippen LogP contribution is 2.22. The van der Waals surface area contributed by atoms with E-state index >= 15 is 0 Å². The van der Waals surface area contributed by atoms with Gasteiger partial charge in [0.2, 0.25) is 0 Å². The lowest BCUT2D eigenvalue weighted by atomic mass is 10.2. The Kier molecular flexibility index (Phi) is 5.14. The summed E-state index contributed by atoms with van der Waals surface area (Å²) in [6.07, 6.45) is 4.83. The molecule has 0 aliphatic carbocycles. The molecule has 2 aromatic heterocycles. The van der Waals surface area contributed by atoms with Crippen LogP contribution < -0.4 is 0 Å². The standard InChI is InChI=1S/C14H9FN4O2.C2H6/c15-12-7-11(19(20)21)4-5-14(12)18-9-10(8-17-18)13-3-1-2-6-16-13;1-2/h1-9H;1-2H3. The molecule has 0 aliphatic heterocycles. The van der Waals surface area contributed by atoms with Crippen LogP contribution in [0, 0.1) is 15.9 Å². The number of benzene rings is 1. The fraction of sp³-hybridized carbons (Fsp3) is 0.125. The van der Waals surface area contributed by atoms with Gasteiger partial charge in [0.1, 0.15) is 5.69 Å². The number of rotatable bonds is 3. The maximum atomic E-state index is 13.9. The van der Waals surface area contributed by atoms with Gasteiger partial charge in [0, 0.05) is 24.0 Å². The summed E-state index contributed by atoms with van der Waals surface area (Å²) in [5, 5.41) is 14.7. The molecular formula is C16H15FN4O2. The zero-order chi connectivity index (χ0) is 16.8. The Labute approximate surface area is 132 Å². The number of nitro groups is 1. The lowest BCUT2D eigenvalue weighted by Gasteiger charge is -2.02. The van der Waals surface area contributed by atoms with Crippen LogP contribution in [0.3, 0.4) is 0 Å². The quantitative estimate of drug-likeness (QED) is 0.541. The lowest BCUT2D eigenvalue weighted by molar-refractivity contribution is -0.385. The van der Waals surface area contributed by atoms with Crippen LogP contribution in [0.4, 0.5) is 10.1 Å². The summed E-state index contributed by atoms with van der Waals surface area (Å²) in [6.45, 7) is 4.00. The molecule has 6 nitrogen and oxygen atoms in total. The highest BCUT2D eigenvalue weighted by atomic mass is 19.1. The molecule has 2 heterocycles. The molecule has 3 aromatic rings. The van der Waals surface area contributed by atoms with Gasteiger partial charge in [-0.05, 0) is 18.2 Å². The first-order chi connectivity index (χ1) is 11.1. The van der Waals surface area contributed by atoms with Gasteiger partial charge in [-0.15, -0.1) is 0 Å². The van der Waals surface area contributed by atoms with E-state index in [9.17, 15) is 14.5 Å². The van der Waals surface area contributed by atoms with E-state index in [2.05, 4.69) is 10.1 Å². The van der Waals surface area contributed by atoms with Crippen LogP contribution in [0.2, 0.25) is 0 Å². The molecule has 0 N–H and O–H groups in total. The van der Waals surface area contributed by atoms with Crippen LogP contribution in [0.15, 0.2) is 55.0 Å². The number of non-ortho nitro benzene ring substituents is 1. The third kappa shape index (κ3) is 3.57. The van der Waals surface area contributed by atoms with E-state index in [4.69, 9.17) is 0 Å². The Morgan fingerprint density at radius 2 is 2.00 bits per heavy atom. The minimum absolute atomic E-state index is 0.141. The van der Waals surface area contributed by atoms with Crippen molar-refractivity contribution in [2.45, 2.75) is 13.8 Å². The first-order valence-electron chi connectivity index (χ1n) is 7.05. The van der Waals surface area contributed by atoms with E-state index < -0.39 is 10.7 Å². The molecule has 1 aromatic carbocycles. The predicted octanol–water partition coefficient (Wildman–Crippen LogP) is 4.01. The third-order valence-electron chi connectivity index (χ3n) is 2.93. The second-order valence-corrected chi connectivity index (χ2v) is 4.28. The smallest absolute Gasteiger partial charge is 0.258 e. The van der Waals surface area contributed by atoms with Gasteiger partial charge in [-0.3, -0.25) is 15.1 Å². The minimum atomic E-state index is -0.708. The molecule has 0 saturated heterocycles. The first-order valence-corrected chi connectivity index (χ1v) is 7.05. The van der Waals surface area contributed by atoms with E-state index in [0.29, 0.717) is 5.69 Å². The van der Waals surface area contributed by atoms with E-state index in [0.717, 1.165) is 11.6 Å². The van der Waals surface area contributed by atoms with E-state index in [-0.39, 0.29) is 11.4 Å². The normalized spacial score (nSPS) is 9.87. The largest absolute Gasteiger partial charge is 0.272 e. The van der Waals surface area contributed by atoms with Crippen LogP contribution >= 0.6 is 0 Å². The molecule has 0 saturated carbocycles. The Bertz CT molecular complexity index is 803. The molecule has 23 heavy (non-hydrogen) atoms. The van der Waals surface area contributed by atoms with Crippen molar-refractivity contribution in [2.24, 2.45) is 0 Å². The summed E-state index contributed by atoms with van der Waals surface area (Å²) >= 11 is 0. The number of pyridine rings is 1. The number of aromatic nitrogens is 3. The predicted molar refractivity (Wildman–Crippen MR) is 84.8 cm³/mol. The Balaban J connectivity index is 0.000000924. The summed E-state index contributed by atoms with van der Waals surface area (Å²) in [6, 6.07) is 8.88. The molecular weight excluding hydrogens is 299 g/mol. The number of halogens is 1. The molecule has 0 atom stereocenters. The summed E-state index contributed by atoms with van der Waals surface area (Å²) in [4.78, 5) is 14.1. The Hall–Kier alpha value is -3.09. The SMILES string of the molecule is CC.O=[N+]([O-])c1ccc(-n2cc(-c3ccccn3)cn2)c(F)c1. The van der Waals surface area contributed by atoms with Gasteiger partial charge in [-0.1, -0.05) is 19.9 Å². The van der Waals surface area contributed by atoms with Crippen molar-refractivity contribution in [1.82, 2.24) is 14.8 Å². The van der Waals surface area contributed by atoms with Crippen LogP contribution in [0.1, 0.15) is 13.8 Å². The van der Waals surface area contributed by atoms with Gasteiger partial charge in [0.25, 0.3) is 5.69 Å². The molecule has 118 valence electrons. The second-order valence-electron chi connectivity index (χ2n) is 4.28. The minimum Gasteiger partial charge on any atom is -0.258 e. The number of nitro benzene ring substituents is 1. The summed E-state index contributed by atoms with van der Waals surface area (Å²) in [5.74, 6) is -0.708. The van der Waals surface area contributed by atoms with Crippen molar-refractivity contribution in [3.8, 4) is 16.9 Å². The van der Waals surface area contributed by atoms with Gasteiger partial charge < -0.3 is 0 Å². The maximum absolute atomic E-state index is 13.9. The molecule has 7 heteroatoms. The molecule has 0 unspecified atom stereocenters. The van der Waals surface area contributed by atoms with Crippen LogP contribution in [-0.4, -0.2) is 19.7 Å². The van der Waals surface area contributed by atoms with E-state index in [1.54, 1.807) is 24.7 Å². The van der Waals surface area contributed by atoms with Crippen molar-refractivity contribution >= 4 is 5.69 Å². The zero-order valence-electron chi connectivity index (χ0n) is 12.7. The molecule has 0 amide bonds. The van der Waals surface area contributed by atoms with Crippen molar-refractivity contribution in [1.29, 1.82) is 0 Å². The highest BCUT2D eigenvalue weighted by molar-refractivity contribution is 5.57. The number of hydrogen-bond donors (Lipinski definition) is 0. The highest BCUT2D eigenvalue weighted by Gasteiger charge is 2.13. The van der Waals surface area contributed by atoms with Crippen molar-refractivity contribution in [3.05, 3.63) is 70.9 Å². The fourth-order valence-electron chi connectivity index (χ4n) is 1.92. The third-order valence-corrected chi connectivity index (χ3v) is 2.93. The monoisotopic (exact) mass is 314 g/mol. The van der Waals surface area contributed by atoms with Crippen LogP contribution in [0.5, 0.6) is 0 Å². The number of nitrogens with zero attached hydrogens (tertiary/aromatic N) is 4. The van der Waals surface area contributed by atoms with Gasteiger partial charge in [0.05, 0.1) is 22.9 Å². The van der Waals surface area contributed by atoms with Crippen LogP contribution in [-0.2, 0) is 0 Å². The average Bonchev–Trinajstić information content (AvgIpc) is 3.07. The van der Waals surface area contributed by atoms with Crippen LogP contribution in [0.25, 0.3) is 16.9 Å². The molecule has 0 bridgehead atoms. The maximum Gasteiger partial charge on any atom is 0.272 e. The molecule has 0 spiro atoms. The van der Waals surface area contributed by atoms with Crippen molar-refractivity contribution in [3.63, 3.8) is 0 Å². The van der Waals surface area contributed by atoms with E-state index in [1.807, 2.05) is 26.0 Å². The lowest BCUT2D eigenvalue weighted by Crippen LogP contribution is -1.99. The summed E-state index contributed by atoms with van der Waals surface area (Å²) in [5.41, 5.74) is 1.29. The van der Waals surface area contributed by atoms with Gasteiger partial charge in [-0.25, -0.2) is 9.07 Å². The molecule has 0 radical (unpaired) electrons. The Morgan fingerprint density at radius 3 is 2.61 bits per heavy atom. The fourth-order valence-corrected chi connectivity index (χ4v) is 1.92. The van der Waals surface area contributed by atoms with Gasteiger partial charge in [0.15, 0.2) is 5.82 Å². The van der Waals surface area contributed by atoms with Gasteiger partial charge in [-0.2, -0.15) is 5.10 Å². The molecule has 0 aliphatic rings. The summed E-state index contributed by atoms with van der Waals surface area (Å²) < 4.78 is 15.2. The average molecular weight is 314 g/mol. The zero-order valence-corrected chi connectivity index (χ0v) is 12.7. The van der Waals surface area contributed by atoms with E-state index in [1.165, 1.54) is 16.8 Å². The van der Waals surface area contributed by atoms with Crippen molar-refractivity contribution in [2.75, 3.05) is 0 Å². The molecule has 0 fully saturated rings. The molecule has 3 rings (SSSR count). The second kappa shape index (κ2) is 7.26.